The van der Waals surface area contributed by atoms with Crippen molar-refractivity contribution in [1.29, 1.82) is 0 Å². The van der Waals surface area contributed by atoms with Crippen LogP contribution in [0.3, 0.4) is 0 Å². The van der Waals surface area contributed by atoms with Gasteiger partial charge in [-0.1, -0.05) is 0 Å². The van der Waals surface area contributed by atoms with Crippen molar-refractivity contribution >= 4 is 0 Å². The average molecular weight is 243 g/mol. The maximum absolute atomic E-state index is 12.2. The van der Waals surface area contributed by atoms with E-state index in [0.29, 0.717) is 26.4 Å². The molecule has 98 valence electrons. The van der Waals surface area contributed by atoms with E-state index < -0.39 is 12.7 Å². The van der Waals surface area contributed by atoms with Crippen molar-refractivity contribution in [1.82, 2.24) is 4.90 Å². The van der Waals surface area contributed by atoms with Crippen LogP contribution in [-0.4, -0.2) is 57.1 Å². The molecule has 0 saturated heterocycles. The Bertz CT molecular complexity index is 155. The molecule has 0 aliphatic carbocycles. The Morgan fingerprint density at radius 2 is 1.38 bits per heavy atom. The number of nitrogens with zero attached hydrogens (tertiary/aromatic N) is 1. The summed E-state index contributed by atoms with van der Waals surface area (Å²) in [7, 11) is 0. The highest BCUT2D eigenvalue weighted by Crippen LogP contribution is 2.16. The molecule has 3 nitrogen and oxygen atoms in total. The number of ether oxygens (including phenoxy) is 2. The fraction of sp³-hybridized carbons (Fsp3) is 1.00. The standard InChI is InChI=1S/C10H20F3NO2/c1-3-15-7-5-14(6-8-16-4-2)9-10(11,12)13/h3-9H2,1-2H3. The Kier molecular flexibility index (Phi) is 8.60. The van der Waals surface area contributed by atoms with Crippen LogP contribution in [0.4, 0.5) is 13.2 Å². The summed E-state index contributed by atoms with van der Waals surface area (Å²) >= 11 is 0. The first-order chi connectivity index (χ1) is 7.49. The lowest BCUT2D eigenvalue weighted by Gasteiger charge is -2.23. The summed E-state index contributed by atoms with van der Waals surface area (Å²) in [6, 6.07) is 0. The SMILES string of the molecule is CCOCCN(CCOCC)CC(F)(F)F. The van der Waals surface area contributed by atoms with E-state index in [4.69, 9.17) is 9.47 Å². The molecule has 0 unspecified atom stereocenters. The number of alkyl halides is 3. The van der Waals surface area contributed by atoms with E-state index in [0.717, 1.165) is 0 Å². The molecule has 0 aromatic heterocycles. The van der Waals surface area contributed by atoms with Gasteiger partial charge in [-0.2, -0.15) is 13.2 Å². The second-order valence-electron chi connectivity index (χ2n) is 3.29. The van der Waals surface area contributed by atoms with Gasteiger partial charge in [0.2, 0.25) is 0 Å². The van der Waals surface area contributed by atoms with Gasteiger partial charge in [0.1, 0.15) is 0 Å². The smallest absolute Gasteiger partial charge is 0.380 e. The summed E-state index contributed by atoms with van der Waals surface area (Å²) in [6.45, 7) is 4.95. The largest absolute Gasteiger partial charge is 0.401 e. The number of rotatable bonds is 9. The summed E-state index contributed by atoms with van der Waals surface area (Å²) in [5, 5.41) is 0. The minimum absolute atomic E-state index is 0.278. The molecule has 0 aromatic rings. The minimum Gasteiger partial charge on any atom is -0.380 e. The summed E-state index contributed by atoms with van der Waals surface area (Å²) in [5.41, 5.74) is 0. The van der Waals surface area contributed by atoms with Gasteiger partial charge in [0, 0.05) is 26.3 Å². The van der Waals surface area contributed by atoms with Crippen molar-refractivity contribution < 1.29 is 22.6 Å². The minimum atomic E-state index is -4.17. The summed E-state index contributed by atoms with van der Waals surface area (Å²) < 4.78 is 46.7. The van der Waals surface area contributed by atoms with E-state index in [9.17, 15) is 13.2 Å². The molecule has 0 aromatic carbocycles. The van der Waals surface area contributed by atoms with Gasteiger partial charge in [-0.15, -0.1) is 0 Å². The van der Waals surface area contributed by atoms with Crippen LogP contribution in [0.15, 0.2) is 0 Å². The zero-order chi connectivity index (χ0) is 12.4. The summed E-state index contributed by atoms with van der Waals surface area (Å²) in [4.78, 5) is 1.30. The highest BCUT2D eigenvalue weighted by molar-refractivity contribution is 4.63. The number of hydrogen-bond acceptors (Lipinski definition) is 3. The molecular formula is C10H20F3NO2. The van der Waals surface area contributed by atoms with E-state index in [-0.39, 0.29) is 13.1 Å². The van der Waals surface area contributed by atoms with Crippen LogP contribution < -0.4 is 0 Å². The van der Waals surface area contributed by atoms with Crippen LogP contribution in [0.1, 0.15) is 13.8 Å². The Balaban J connectivity index is 3.85. The normalized spacial score (nSPS) is 12.4. The van der Waals surface area contributed by atoms with Gasteiger partial charge in [0.25, 0.3) is 0 Å². The van der Waals surface area contributed by atoms with Crippen LogP contribution >= 0.6 is 0 Å². The fourth-order valence-electron chi connectivity index (χ4n) is 1.20. The van der Waals surface area contributed by atoms with Crippen molar-refractivity contribution in [2.75, 3.05) is 46.1 Å². The van der Waals surface area contributed by atoms with Crippen LogP contribution in [0, 0.1) is 0 Å². The monoisotopic (exact) mass is 243 g/mol. The lowest BCUT2D eigenvalue weighted by molar-refractivity contribution is -0.148. The van der Waals surface area contributed by atoms with Crippen LogP contribution in [0.5, 0.6) is 0 Å². The van der Waals surface area contributed by atoms with E-state index in [1.165, 1.54) is 4.90 Å². The first-order valence-electron chi connectivity index (χ1n) is 5.44. The zero-order valence-corrected chi connectivity index (χ0v) is 9.85. The second-order valence-corrected chi connectivity index (χ2v) is 3.29. The highest BCUT2D eigenvalue weighted by Gasteiger charge is 2.30. The molecule has 0 aliphatic rings. The maximum atomic E-state index is 12.2. The maximum Gasteiger partial charge on any atom is 0.401 e. The van der Waals surface area contributed by atoms with Crippen LogP contribution in [-0.2, 0) is 9.47 Å². The van der Waals surface area contributed by atoms with Gasteiger partial charge in [0.05, 0.1) is 19.8 Å². The predicted molar refractivity (Wildman–Crippen MR) is 55.5 cm³/mol. The summed E-state index contributed by atoms with van der Waals surface area (Å²) in [5.74, 6) is 0. The van der Waals surface area contributed by atoms with Crippen molar-refractivity contribution in [3.05, 3.63) is 0 Å². The lowest BCUT2D eigenvalue weighted by atomic mass is 10.4. The quantitative estimate of drug-likeness (QED) is 0.577. The van der Waals surface area contributed by atoms with Gasteiger partial charge in [-0.3, -0.25) is 4.90 Å². The molecule has 0 fully saturated rings. The van der Waals surface area contributed by atoms with E-state index >= 15 is 0 Å². The molecule has 0 N–H and O–H groups in total. The predicted octanol–water partition coefficient (Wildman–Crippen LogP) is 1.92. The molecule has 6 heteroatoms. The Morgan fingerprint density at radius 1 is 0.938 bits per heavy atom. The lowest BCUT2D eigenvalue weighted by Crippen LogP contribution is -2.38. The Hall–Kier alpha value is -0.330. The molecule has 0 rings (SSSR count). The molecule has 0 heterocycles. The fourth-order valence-corrected chi connectivity index (χ4v) is 1.20. The highest BCUT2D eigenvalue weighted by atomic mass is 19.4. The second kappa shape index (κ2) is 8.78. The van der Waals surface area contributed by atoms with Crippen molar-refractivity contribution in [3.8, 4) is 0 Å². The van der Waals surface area contributed by atoms with Gasteiger partial charge >= 0.3 is 6.18 Å². The van der Waals surface area contributed by atoms with Crippen LogP contribution in [0.2, 0.25) is 0 Å². The number of halogens is 3. The van der Waals surface area contributed by atoms with Crippen molar-refractivity contribution in [2.45, 2.75) is 20.0 Å². The average Bonchev–Trinajstić information content (AvgIpc) is 2.16. The first-order valence-corrected chi connectivity index (χ1v) is 5.44. The molecule has 0 spiro atoms. The third-order valence-electron chi connectivity index (χ3n) is 1.91. The van der Waals surface area contributed by atoms with E-state index in [2.05, 4.69) is 0 Å². The molecule has 0 saturated carbocycles. The molecule has 0 radical (unpaired) electrons. The molecule has 0 aliphatic heterocycles. The third-order valence-corrected chi connectivity index (χ3v) is 1.91. The first kappa shape index (κ1) is 15.7. The van der Waals surface area contributed by atoms with Gasteiger partial charge in [0.15, 0.2) is 0 Å². The third kappa shape index (κ3) is 10.2. The van der Waals surface area contributed by atoms with Gasteiger partial charge in [-0.05, 0) is 13.8 Å². The molecular weight excluding hydrogens is 223 g/mol. The Labute approximate surface area is 94.5 Å². The summed E-state index contributed by atoms with van der Waals surface area (Å²) in [6.07, 6.45) is -4.17. The van der Waals surface area contributed by atoms with Crippen molar-refractivity contribution in [2.24, 2.45) is 0 Å². The number of hydrogen-bond donors (Lipinski definition) is 0. The molecule has 0 amide bonds. The van der Waals surface area contributed by atoms with E-state index in [1.54, 1.807) is 0 Å². The zero-order valence-electron chi connectivity index (χ0n) is 9.85. The van der Waals surface area contributed by atoms with Crippen LogP contribution in [0.25, 0.3) is 0 Å². The molecule has 0 atom stereocenters. The Morgan fingerprint density at radius 3 is 1.69 bits per heavy atom. The topological polar surface area (TPSA) is 21.7 Å². The van der Waals surface area contributed by atoms with Crippen molar-refractivity contribution in [3.63, 3.8) is 0 Å². The van der Waals surface area contributed by atoms with E-state index in [1.807, 2.05) is 13.8 Å². The van der Waals surface area contributed by atoms with Gasteiger partial charge in [-0.25, -0.2) is 0 Å². The van der Waals surface area contributed by atoms with Gasteiger partial charge < -0.3 is 9.47 Å². The molecule has 0 bridgehead atoms. The molecule has 16 heavy (non-hydrogen) atoms.